The van der Waals surface area contributed by atoms with Crippen molar-refractivity contribution in [3.05, 3.63) is 0 Å². The van der Waals surface area contributed by atoms with Gasteiger partial charge >= 0.3 is 0 Å². The summed E-state index contributed by atoms with van der Waals surface area (Å²) in [4.78, 5) is 14.9. The molecule has 1 N–H and O–H groups in total. The third-order valence-electron chi connectivity index (χ3n) is 6.96. The molecule has 2 atom stereocenters. The van der Waals surface area contributed by atoms with Crippen molar-refractivity contribution in [2.45, 2.75) is 57.9 Å². The van der Waals surface area contributed by atoms with E-state index in [9.17, 15) is 4.79 Å². The fraction of sp³-hybridized carbons (Fsp3) is 0.944. The van der Waals surface area contributed by atoms with E-state index in [2.05, 4.69) is 24.2 Å². The normalized spacial score (nSPS) is 47.8. The highest BCUT2D eigenvalue weighted by molar-refractivity contribution is 5.79. The predicted octanol–water partition coefficient (Wildman–Crippen LogP) is 2.66. The van der Waals surface area contributed by atoms with Crippen molar-refractivity contribution in [1.82, 2.24) is 10.2 Å². The second-order valence-electron chi connectivity index (χ2n) is 8.75. The number of nitrogens with zero attached hydrogens (tertiary/aromatic N) is 1. The molecule has 2 unspecified atom stereocenters. The van der Waals surface area contributed by atoms with Gasteiger partial charge in [-0.2, -0.15) is 0 Å². The largest absolute Gasteiger partial charge is 0.345 e. The Morgan fingerprint density at radius 2 is 1.71 bits per heavy atom. The van der Waals surface area contributed by atoms with Crippen molar-refractivity contribution in [2.75, 3.05) is 20.1 Å². The van der Waals surface area contributed by atoms with Crippen molar-refractivity contribution >= 4 is 5.91 Å². The molecule has 1 saturated heterocycles. The Bertz CT molecular complexity index is 398. The molecule has 0 spiro atoms. The van der Waals surface area contributed by atoms with Crippen LogP contribution >= 0.6 is 0 Å². The van der Waals surface area contributed by atoms with E-state index >= 15 is 0 Å². The zero-order valence-corrected chi connectivity index (χ0v) is 13.6. The first-order valence-corrected chi connectivity index (χ1v) is 9.03. The quantitative estimate of drug-likeness (QED) is 0.866. The highest BCUT2D eigenvalue weighted by Crippen LogP contribution is 2.60. The maximum Gasteiger partial charge on any atom is 0.227 e. The standard InChI is InChI=1S/C18H30N2O/c1-12-16(3-4-19-12)17(21)20(2)11-18-8-13-5-14(9-18)7-15(6-13)10-18/h12-16,19H,3-11H2,1-2H3. The van der Waals surface area contributed by atoms with Crippen molar-refractivity contribution in [3.8, 4) is 0 Å². The van der Waals surface area contributed by atoms with Crippen LogP contribution in [0.2, 0.25) is 0 Å². The Hall–Kier alpha value is -0.570. The number of nitrogens with one attached hydrogen (secondary N) is 1. The van der Waals surface area contributed by atoms with Gasteiger partial charge in [0.2, 0.25) is 5.91 Å². The van der Waals surface area contributed by atoms with Gasteiger partial charge in [-0.1, -0.05) is 0 Å². The number of amides is 1. The SMILES string of the molecule is CC1NCCC1C(=O)N(C)CC12CC3CC(CC(C3)C1)C2. The summed E-state index contributed by atoms with van der Waals surface area (Å²) in [5, 5.41) is 3.42. The smallest absolute Gasteiger partial charge is 0.227 e. The average molecular weight is 290 g/mol. The molecule has 118 valence electrons. The molecule has 3 heteroatoms. The summed E-state index contributed by atoms with van der Waals surface area (Å²) in [6.45, 7) is 4.19. The summed E-state index contributed by atoms with van der Waals surface area (Å²) < 4.78 is 0. The van der Waals surface area contributed by atoms with Gasteiger partial charge in [0.05, 0.1) is 5.92 Å². The van der Waals surface area contributed by atoms with Gasteiger partial charge < -0.3 is 10.2 Å². The second-order valence-corrected chi connectivity index (χ2v) is 8.75. The van der Waals surface area contributed by atoms with Crippen molar-refractivity contribution < 1.29 is 4.79 Å². The minimum absolute atomic E-state index is 0.212. The molecule has 1 aliphatic heterocycles. The lowest BCUT2D eigenvalue weighted by Gasteiger charge is -2.57. The highest BCUT2D eigenvalue weighted by Gasteiger charge is 2.51. The monoisotopic (exact) mass is 290 g/mol. The van der Waals surface area contributed by atoms with Gasteiger partial charge in [-0.25, -0.2) is 0 Å². The summed E-state index contributed by atoms with van der Waals surface area (Å²) in [6, 6.07) is 0.358. The number of carbonyl (C=O) groups excluding carboxylic acids is 1. The highest BCUT2D eigenvalue weighted by atomic mass is 16.2. The zero-order valence-electron chi connectivity index (χ0n) is 13.6. The van der Waals surface area contributed by atoms with Crippen LogP contribution in [-0.4, -0.2) is 37.0 Å². The predicted molar refractivity (Wildman–Crippen MR) is 83.8 cm³/mol. The summed E-state index contributed by atoms with van der Waals surface area (Å²) in [7, 11) is 2.06. The molecule has 5 rings (SSSR count). The van der Waals surface area contributed by atoms with E-state index < -0.39 is 0 Å². The Labute approximate surface area is 128 Å². The first-order chi connectivity index (χ1) is 10.0. The van der Waals surface area contributed by atoms with Gasteiger partial charge in [0.25, 0.3) is 0 Å². The van der Waals surface area contributed by atoms with Crippen LogP contribution < -0.4 is 5.32 Å². The lowest BCUT2D eigenvalue weighted by atomic mass is 9.49. The fourth-order valence-electron chi connectivity index (χ4n) is 6.54. The van der Waals surface area contributed by atoms with E-state index in [0.29, 0.717) is 17.4 Å². The Morgan fingerprint density at radius 3 is 2.19 bits per heavy atom. The lowest BCUT2D eigenvalue weighted by Crippen LogP contribution is -2.52. The van der Waals surface area contributed by atoms with Gasteiger partial charge in [-0.3, -0.25) is 4.79 Å². The van der Waals surface area contributed by atoms with Crippen LogP contribution in [-0.2, 0) is 4.79 Å². The maximum absolute atomic E-state index is 12.8. The van der Waals surface area contributed by atoms with E-state index in [-0.39, 0.29) is 5.92 Å². The van der Waals surface area contributed by atoms with Gasteiger partial charge in [-0.05, 0) is 81.6 Å². The van der Waals surface area contributed by atoms with E-state index in [1.54, 1.807) is 0 Å². The van der Waals surface area contributed by atoms with Crippen molar-refractivity contribution in [1.29, 1.82) is 0 Å². The van der Waals surface area contributed by atoms with Gasteiger partial charge in [-0.15, -0.1) is 0 Å². The number of hydrogen-bond donors (Lipinski definition) is 1. The number of rotatable bonds is 3. The molecule has 0 aromatic rings. The van der Waals surface area contributed by atoms with E-state index in [1.165, 1.54) is 38.5 Å². The van der Waals surface area contributed by atoms with Crippen molar-refractivity contribution in [2.24, 2.45) is 29.1 Å². The third kappa shape index (κ3) is 2.42. The minimum Gasteiger partial charge on any atom is -0.345 e. The fourth-order valence-corrected chi connectivity index (χ4v) is 6.54. The molecule has 5 aliphatic rings. The van der Waals surface area contributed by atoms with E-state index in [1.807, 2.05) is 0 Å². The molecular weight excluding hydrogens is 260 g/mol. The zero-order chi connectivity index (χ0) is 14.6. The summed E-state index contributed by atoms with van der Waals surface area (Å²) >= 11 is 0. The Balaban J connectivity index is 1.44. The molecule has 1 amide bonds. The third-order valence-corrected chi connectivity index (χ3v) is 6.96. The molecule has 0 radical (unpaired) electrons. The van der Waals surface area contributed by atoms with Crippen molar-refractivity contribution in [3.63, 3.8) is 0 Å². The van der Waals surface area contributed by atoms with Crippen LogP contribution in [0.4, 0.5) is 0 Å². The Morgan fingerprint density at radius 1 is 1.14 bits per heavy atom. The Kier molecular flexibility index (Phi) is 3.33. The molecule has 1 heterocycles. The summed E-state index contributed by atoms with van der Waals surface area (Å²) in [5.41, 5.74) is 0.481. The van der Waals surface area contributed by atoms with E-state index in [0.717, 1.165) is 37.3 Å². The molecule has 21 heavy (non-hydrogen) atoms. The van der Waals surface area contributed by atoms with E-state index in [4.69, 9.17) is 0 Å². The molecule has 0 aromatic carbocycles. The summed E-state index contributed by atoms with van der Waals surface area (Å²) in [5.74, 6) is 3.54. The molecule has 3 nitrogen and oxygen atoms in total. The first kappa shape index (κ1) is 14.0. The van der Waals surface area contributed by atoms with Crippen LogP contribution in [0.3, 0.4) is 0 Å². The van der Waals surface area contributed by atoms with Crippen LogP contribution in [0.1, 0.15) is 51.9 Å². The molecule has 4 saturated carbocycles. The van der Waals surface area contributed by atoms with Crippen LogP contribution in [0.15, 0.2) is 0 Å². The average Bonchev–Trinajstić information content (AvgIpc) is 2.81. The molecule has 0 aromatic heterocycles. The second kappa shape index (κ2) is 4.97. The van der Waals surface area contributed by atoms with Crippen LogP contribution in [0.5, 0.6) is 0 Å². The number of carbonyl (C=O) groups is 1. The minimum atomic E-state index is 0.212. The maximum atomic E-state index is 12.8. The summed E-state index contributed by atoms with van der Waals surface area (Å²) in [6.07, 6.45) is 9.67. The topological polar surface area (TPSA) is 32.3 Å². The lowest BCUT2D eigenvalue weighted by molar-refractivity contribution is -0.139. The molecular formula is C18H30N2O. The van der Waals surface area contributed by atoms with Crippen LogP contribution in [0.25, 0.3) is 0 Å². The van der Waals surface area contributed by atoms with Crippen LogP contribution in [0, 0.1) is 29.1 Å². The first-order valence-electron chi connectivity index (χ1n) is 9.03. The number of hydrogen-bond acceptors (Lipinski definition) is 2. The molecule has 4 bridgehead atoms. The van der Waals surface area contributed by atoms with Gasteiger partial charge in [0.15, 0.2) is 0 Å². The molecule has 4 aliphatic carbocycles. The van der Waals surface area contributed by atoms with Gasteiger partial charge in [0, 0.05) is 19.6 Å². The molecule has 5 fully saturated rings. The van der Waals surface area contributed by atoms with Gasteiger partial charge in [0.1, 0.15) is 0 Å².